The normalized spacial score (nSPS) is 12.1. The molecule has 0 amide bonds. The van der Waals surface area contributed by atoms with Crippen LogP contribution in [0.1, 0.15) is 26.7 Å². The average molecular weight is 228 g/mol. The molecule has 2 N–H and O–H groups in total. The van der Waals surface area contributed by atoms with Crippen molar-refractivity contribution in [2.75, 3.05) is 13.3 Å². The predicted molar refractivity (Wildman–Crippen MR) is 56.2 cm³/mol. The summed E-state index contributed by atoms with van der Waals surface area (Å²) in [5, 5.41) is 0. The van der Waals surface area contributed by atoms with Gasteiger partial charge in [0.1, 0.15) is 12.7 Å². The van der Waals surface area contributed by atoms with Gasteiger partial charge in [-0.2, -0.15) is 0 Å². The zero-order chi connectivity index (χ0) is 10.3. The second-order valence-corrected chi connectivity index (χ2v) is 3.07. The monoisotopic (exact) mass is 227 g/mol. The van der Waals surface area contributed by atoms with Crippen molar-refractivity contribution >= 4 is 18.4 Å². The highest BCUT2D eigenvalue weighted by Gasteiger charge is 2.15. The summed E-state index contributed by atoms with van der Waals surface area (Å²) in [7, 11) is 0. The lowest BCUT2D eigenvalue weighted by molar-refractivity contribution is -0.147. The highest BCUT2D eigenvalue weighted by molar-refractivity contribution is 5.85. The zero-order valence-corrected chi connectivity index (χ0v) is 9.48. The van der Waals surface area contributed by atoms with Crippen molar-refractivity contribution in [2.24, 2.45) is 11.7 Å². The van der Waals surface area contributed by atoms with Crippen LogP contribution in [0.3, 0.4) is 0 Å². The number of alkyl halides is 1. The molecule has 5 heteroatoms. The Morgan fingerprint density at radius 3 is 2.29 bits per heavy atom. The van der Waals surface area contributed by atoms with Crippen LogP contribution >= 0.6 is 12.4 Å². The molecule has 0 fully saturated rings. The molecular weight excluding hydrogens is 209 g/mol. The molecule has 0 spiro atoms. The number of carbonyl (C=O) groups is 1. The van der Waals surface area contributed by atoms with Crippen LogP contribution in [0.15, 0.2) is 0 Å². The number of nitrogens with two attached hydrogens (primary N) is 1. The highest BCUT2D eigenvalue weighted by atomic mass is 35.5. The molecule has 0 aromatic rings. The number of hydrogen-bond donors (Lipinski definition) is 1. The van der Waals surface area contributed by atoms with Crippen molar-refractivity contribution < 1.29 is 13.9 Å². The van der Waals surface area contributed by atoms with Gasteiger partial charge in [0.25, 0.3) is 0 Å². The van der Waals surface area contributed by atoms with Gasteiger partial charge in [0, 0.05) is 0 Å². The lowest BCUT2D eigenvalue weighted by atomic mass is 10.1. The third-order valence-electron chi connectivity index (χ3n) is 2.08. The molecule has 86 valence electrons. The van der Waals surface area contributed by atoms with Crippen LogP contribution in [0.5, 0.6) is 0 Å². The second-order valence-electron chi connectivity index (χ2n) is 3.07. The van der Waals surface area contributed by atoms with Crippen molar-refractivity contribution in [1.29, 1.82) is 0 Å². The van der Waals surface area contributed by atoms with E-state index in [4.69, 9.17) is 10.5 Å². The number of esters is 1. The predicted octanol–water partition coefficient (Wildman–Crippen LogP) is 1.68. The highest BCUT2D eigenvalue weighted by Crippen LogP contribution is 2.07. The number of rotatable bonds is 6. The van der Waals surface area contributed by atoms with E-state index >= 15 is 0 Å². The first kappa shape index (κ1) is 16.1. The Balaban J connectivity index is 0. The van der Waals surface area contributed by atoms with Crippen LogP contribution in [0.25, 0.3) is 0 Å². The Morgan fingerprint density at radius 1 is 1.43 bits per heavy atom. The average Bonchev–Trinajstić information content (AvgIpc) is 2.17. The molecule has 14 heavy (non-hydrogen) atoms. The molecule has 3 nitrogen and oxygen atoms in total. The molecule has 0 aromatic carbocycles. The molecule has 1 atom stereocenters. The van der Waals surface area contributed by atoms with E-state index in [1.54, 1.807) is 0 Å². The van der Waals surface area contributed by atoms with E-state index in [0.29, 0.717) is 12.5 Å². The maximum atomic E-state index is 11.9. The van der Waals surface area contributed by atoms with E-state index in [9.17, 15) is 9.18 Å². The fourth-order valence-electron chi connectivity index (χ4n) is 0.894. The Kier molecular flexibility index (Phi) is 10.6. The van der Waals surface area contributed by atoms with Crippen molar-refractivity contribution in [3.05, 3.63) is 0 Å². The number of halogens is 2. The van der Waals surface area contributed by atoms with Gasteiger partial charge in [-0.15, -0.1) is 12.4 Å². The van der Waals surface area contributed by atoms with Crippen LogP contribution in [0.4, 0.5) is 4.39 Å². The van der Waals surface area contributed by atoms with Crippen LogP contribution in [-0.4, -0.2) is 25.3 Å². The van der Waals surface area contributed by atoms with Gasteiger partial charge in [0.15, 0.2) is 0 Å². The number of carbonyl (C=O) groups excluding carboxylic acids is 1. The van der Waals surface area contributed by atoms with Gasteiger partial charge >= 0.3 is 5.97 Å². The summed E-state index contributed by atoms with van der Waals surface area (Å²) in [4.78, 5) is 10.9. The van der Waals surface area contributed by atoms with Gasteiger partial charge in [0.2, 0.25) is 0 Å². The first-order chi connectivity index (χ1) is 6.15. The zero-order valence-electron chi connectivity index (χ0n) is 8.66. The molecule has 0 aliphatic carbocycles. The van der Waals surface area contributed by atoms with E-state index in [1.807, 2.05) is 13.8 Å². The molecule has 0 aliphatic rings. The summed E-state index contributed by atoms with van der Waals surface area (Å²) in [6.07, 6.45) is 1.91. The van der Waals surface area contributed by atoms with Crippen molar-refractivity contribution in [1.82, 2.24) is 0 Å². The summed E-state index contributed by atoms with van der Waals surface area (Å²) in [6, 6.07) is -1.12. The number of ether oxygens (including phenoxy) is 1. The van der Waals surface area contributed by atoms with Crippen molar-refractivity contribution in [3.8, 4) is 0 Å². The van der Waals surface area contributed by atoms with Crippen LogP contribution < -0.4 is 5.73 Å². The van der Waals surface area contributed by atoms with Crippen LogP contribution in [0.2, 0.25) is 0 Å². The third-order valence-corrected chi connectivity index (χ3v) is 2.08. The van der Waals surface area contributed by atoms with Gasteiger partial charge in [-0.3, -0.25) is 4.79 Å². The van der Waals surface area contributed by atoms with Gasteiger partial charge in [-0.1, -0.05) is 26.7 Å². The maximum absolute atomic E-state index is 11.9. The van der Waals surface area contributed by atoms with Crippen LogP contribution in [-0.2, 0) is 9.53 Å². The molecule has 0 aromatic heterocycles. The minimum Gasteiger partial charge on any atom is -0.464 e. The van der Waals surface area contributed by atoms with E-state index in [1.165, 1.54) is 0 Å². The van der Waals surface area contributed by atoms with E-state index in [2.05, 4.69) is 0 Å². The first-order valence-corrected chi connectivity index (χ1v) is 4.63. The molecule has 1 unspecified atom stereocenters. The Morgan fingerprint density at radius 2 is 1.93 bits per heavy atom. The van der Waals surface area contributed by atoms with Crippen molar-refractivity contribution in [3.63, 3.8) is 0 Å². The summed E-state index contributed by atoms with van der Waals surface area (Å²) in [5.74, 6) is -0.287. The molecule has 0 saturated heterocycles. The topological polar surface area (TPSA) is 52.3 Å². The minimum absolute atomic E-state index is 0. The first-order valence-electron chi connectivity index (χ1n) is 4.63. The largest absolute Gasteiger partial charge is 0.464 e. The second kappa shape index (κ2) is 9.21. The molecule has 0 heterocycles. The van der Waals surface area contributed by atoms with Crippen LogP contribution in [0, 0.1) is 5.92 Å². The molecule has 0 radical (unpaired) electrons. The maximum Gasteiger partial charge on any atom is 0.325 e. The van der Waals surface area contributed by atoms with E-state index < -0.39 is 18.7 Å². The smallest absolute Gasteiger partial charge is 0.325 e. The fourth-order valence-corrected chi connectivity index (χ4v) is 0.894. The Labute approximate surface area is 90.6 Å². The quantitative estimate of drug-likeness (QED) is 0.703. The molecule has 0 saturated carbocycles. The standard InChI is InChI=1S/C9H18FNO2.ClH/c1-3-7(4-2)6-13-9(12)8(11)5-10;/h7-8H,3-6,11H2,1-2H3;1H. The summed E-state index contributed by atoms with van der Waals surface area (Å²) >= 11 is 0. The minimum atomic E-state index is -1.12. The molecular formula is C9H19ClFNO2. The lowest BCUT2D eigenvalue weighted by Crippen LogP contribution is -2.35. The fraction of sp³-hybridized carbons (Fsp3) is 0.889. The molecule has 0 bridgehead atoms. The van der Waals surface area contributed by atoms with Gasteiger partial charge in [-0.25, -0.2) is 4.39 Å². The third kappa shape index (κ3) is 6.16. The lowest BCUT2D eigenvalue weighted by Gasteiger charge is -2.14. The SMILES string of the molecule is CCC(CC)COC(=O)C(N)CF.Cl. The summed E-state index contributed by atoms with van der Waals surface area (Å²) < 4.78 is 16.7. The van der Waals surface area contributed by atoms with E-state index in [0.717, 1.165) is 12.8 Å². The van der Waals surface area contributed by atoms with Gasteiger partial charge < -0.3 is 10.5 Å². The van der Waals surface area contributed by atoms with Gasteiger partial charge in [0.05, 0.1) is 6.61 Å². The summed E-state index contributed by atoms with van der Waals surface area (Å²) in [5.41, 5.74) is 5.14. The van der Waals surface area contributed by atoms with Gasteiger partial charge in [-0.05, 0) is 5.92 Å². The number of hydrogen-bond acceptors (Lipinski definition) is 3. The summed E-state index contributed by atoms with van der Waals surface area (Å²) in [6.45, 7) is 3.54. The Hall–Kier alpha value is -0.350. The van der Waals surface area contributed by atoms with E-state index in [-0.39, 0.29) is 12.4 Å². The molecule has 0 aliphatic heterocycles. The van der Waals surface area contributed by atoms with Crippen molar-refractivity contribution in [2.45, 2.75) is 32.7 Å². The molecule has 0 rings (SSSR count). The Bertz CT molecular complexity index is 154.